The van der Waals surface area contributed by atoms with Crippen LogP contribution in [-0.4, -0.2) is 30.5 Å². The van der Waals surface area contributed by atoms with E-state index in [1.807, 2.05) is 31.2 Å². The molecule has 0 heterocycles. The first-order chi connectivity index (χ1) is 11.5. The van der Waals surface area contributed by atoms with E-state index in [4.69, 9.17) is 14.6 Å². The van der Waals surface area contributed by atoms with Crippen molar-refractivity contribution in [3.05, 3.63) is 50.9 Å². The Balaban J connectivity index is 2.13. The third kappa shape index (κ3) is 5.35. The molecule has 0 aliphatic rings. The minimum atomic E-state index is -1.03. The third-order valence-electron chi connectivity index (χ3n) is 2.87. The summed E-state index contributed by atoms with van der Waals surface area (Å²) in [4.78, 5) is 15.0. The fraction of sp³-hybridized carbons (Fsp3) is 0.176. The van der Waals surface area contributed by atoms with Crippen LogP contribution in [0, 0.1) is 0 Å². The molecule has 0 bridgehead atoms. The van der Waals surface area contributed by atoms with Crippen LogP contribution in [0.1, 0.15) is 12.5 Å². The van der Waals surface area contributed by atoms with Gasteiger partial charge in [0, 0.05) is 6.21 Å². The van der Waals surface area contributed by atoms with Gasteiger partial charge in [-0.05, 0) is 80.7 Å². The molecule has 24 heavy (non-hydrogen) atoms. The zero-order chi connectivity index (χ0) is 17.5. The number of ether oxygens (including phenoxy) is 2. The Kier molecular flexibility index (Phi) is 6.81. The zero-order valence-electron chi connectivity index (χ0n) is 12.8. The van der Waals surface area contributed by atoms with Crippen molar-refractivity contribution >= 4 is 49.7 Å². The van der Waals surface area contributed by atoms with Crippen molar-refractivity contribution in [2.75, 3.05) is 13.2 Å². The van der Waals surface area contributed by atoms with Crippen LogP contribution in [0.3, 0.4) is 0 Å². The van der Waals surface area contributed by atoms with E-state index >= 15 is 0 Å². The SMILES string of the molecule is CCOc1ccc(N=Cc2cc(Br)c(OCC(=O)O)c(Br)c2)cc1. The summed E-state index contributed by atoms with van der Waals surface area (Å²) in [6, 6.07) is 11.1. The fourth-order valence-electron chi connectivity index (χ4n) is 1.87. The van der Waals surface area contributed by atoms with Crippen molar-refractivity contribution in [2.45, 2.75) is 6.92 Å². The Labute approximate surface area is 156 Å². The number of hydrogen-bond acceptors (Lipinski definition) is 4. The minimum Gasteiger partial charge on any atom is -0.494 e. The molecular formula is C17H15Br2NO4. The predicted molar refractivity (Wildman–Crippen MR) is 99.8 cm³/mol. The molecule has 0 aliphatic carbocycles. The van der Waals surface area contributed by atoms with E-state index in [2.05, 4.69) is 36.9 Å². The Morgan fingerprint density at radius 1 is 1.17 bits per heavy atom. The molecular weight excluding hydrogens is 442 g/mol. The highest BCUT2D eigenvalue weighted by Gasteiger charge is 2.10. The standard InChI is InChI=1S/C17H15Br2NO4/c1-2-23-13-5-3-12(4-6-13)20-9-11-7-14(18)17(15(19)8-11)24-10-16(21)22/h3-9H,2,10H2,1H3,(H,21,22). The van der Waals surface area contributed by atoms with Crippen LogP contribution < -0.4 is 9.47 Å². The number of carboxylic acids is 1. The van der Waals surface area contributed by atoms with Crippen LogP contribution >= 0.6 is 31.9 Å². The second kappa shape index (κ2) is 8.84. The lowest BCUT2D eigenvalue weighted by Crippen LogP contribution is -2.10. The maximum absolute atomic E-state index is 10.6. The summed E-state index contributed by atoms with van der Waals surface area (Å²) in [6.45, 7) is 2.16. The second-order valence-electron chi connectivity index (χ2n) is 4.68. The van der Waals surface area contributed by atoms with Gasteiger partial charge in [0.05, 0.1) is 21.2 Å². The summed E-state index contributed by atoms with van der Waals surface area (Å²) < 4.78 is 11.9. The molecule has 0 spiro atoms. The van der Waals surface area contributed by atoms with Crippen LogP contribution in [0.4, 0.5) is 5.69 Å². The number of aliphatic imine (C=N–C) groups is 1. The molecule has 7 heteroatoms. The molecule has 0 radical (unpaired) electrons. The van der Waals surface area contributed by atoms with E-state index in [1.165, 1.54) is 0 Å². The van der Waals surface area contributed by atoms with E-state index in [-0.39, 0.29) is 0 Å². The van der Waals surface area contributed by atoms with Crippen LogP contribution in [-0.2, 0) is 4.79 Å². The number of halogens is 2. The van der Waals surface area contributed by atoms with Crippen LogP contribution in [0.2, 0.25) is 0 Å². The predicted octanol–water partition coefficient (Wildman–Crippen LogP) is 4.82. The maximum Gasteiger partial charge on any atom is 0.341 e. The van der Waals surface area contributed by atoms with E-state index in [1.54, 1.807) is 18.3 Å². The molecule has 0 atom stereocenters. The first kappa shape index (κ1) is 18.5. The van der Waals surface area contributed by atoms with E-state index < -0.39 is 12.6 Å². The van der Waals surface area contributed by atoms with Crippen LogP contribution in [0.15, 0.2) is 50.3 Å². The number of rotatable bonds is 7. The highest BCUT2D eigenvalue weighted by Crippen LogP contribution is 2.34. The van der Waals surface area contributed by atoms with Gasteiger partial charge in [0.2, 0.25) is 0 Å². The number of benzene rings is 2. The molecule has 0 aliphatic heterocycles. The first-order valence-electron chi connectivity index (χ1n) is 7.10. The van der Waals surface area contributed by atoms with E-state index in [0.29, 0.717) is 21.3 Å². The summed E-state index contributed by atoms with van der Waals surface area (Å²) in [6.07, 6.45) is 1.71. The molecule has 126 valence electrons. The van der Waals surface area contributed by atoms with Gasteiger partial charge in [0.15, 0.2) is 6.61 Å². The highest BCUT2D eigenvalue weighted by atomic mass is 79.9. The van der Waals surface area contributed by atoms with Gasteiger partial charge >= 0.3 is 5.97 Å². The molecule has 5 nitrogen and oxygen atoms in total. The Morgan fingerprint density at radius 3 is 2.33 bits per heavy atom. The number of carboxylic acid groups (broad SMARTS) is 1. The molecule has 0 aromatic heterocycles. The molecule has 1 N–H and O–H groups in total. The summed E-state index contributed by atoms with van der Waals surface area (Å²) in [7, 11) is 0. The topological polar surface area (TPSA) is 68.1 Å². The summed E-state index contributed by atoms with van der Waals surface area (Å²) in [5.74, 6) is 0.215. The normalized spacial score (nSPS) is 10.8. The van der Waals surface area contributed by atoms with Gasteiger partial charge in [-0.3, -0.25) is 4.99 Å². The van der Waals surface area contributed by atoms with Gasteiger partial charge in [-0.2, -0.15) is 0 Å². The summed E-state index contributed by atoms with van der Waals surface area (Å²) in [5, 5.41) is 8.69. The maximum atomic E-state index is 10.6. The lowest BCUT2D eigenvalue weighted by Gasteiger charge is -2.09. The molecule has 2 aromatic rings. The minimum absolute atomic E-state index is 0.406. The van der Waals surface area contributed by atoms with E-state index in [0.717, 1.165) is 17.0 Å². The van der Waals surface area contributed by atoms with Gasteiger partial charge in [0.25, 0.3) is 0 Å². The molecule has 0 saturated heterocycles. The third-order valence-corrected chi connectivity index (χ3v) is 4.05. The smallest absolute Gasteiger partial charge is 0.341 e. The average Bonchev–Trinajstić information content (AvgIpc) is 2.53. The number of carbonyl (C=O) groups is 1. The average molecular weight is 457 g/mol. The highest BCUT2D eigenvalue weighted by molar-refractivity contribution is 9.11. The quantitative estimate of drug-likeness (QED) is 0.606. The lowest BCUT2D eigenvalue weighted by atomic mass is 10.2. The Bertz CT molecular complexity index is 722. The molecule has 2 rings (SSSR count). The summed E-state index contributed by atoms with van der Waals surface area (Å²) >= 11 is 6.75. The van der Waals surface area contributed by atoms with E-state index in [9.17, 15) is 4.79 Å². The second-order valence-corrected chi connectivity index (χ2v) is 6.39. The van der Waals surface area contributed by atoms with Gasteiger partial charge in [-0.25, -0.2) is 4.79 Å². The molecule has 0 unspecified atom stereocenters. The van der Waals surface area contributed by atoms with Crippen molar-refractivity contribution in [3.8, 4) is 11.5 Å². The van der Waals surface area contributed by atoms with Crippen molar-refractivity contribution in [1.82, 2.24) is 0 Å². The van der Waals surface area contributed by atoms with Crippen molar-refractivity contribution in [3.63, 3.8) is 0 Å². The number of hydrogen-bond donors (Lipinski definition) is 1. The van der Waals surface area contributed by atoms with Crippen molar-refractivity contribution in [1.29, 1.82) is 0 Å². The lowest BCUT2D eigenvalue weighted by molar-refractivity contribution is -0.139. The first-order valence-corrected chi connectivity index (χ1v) is 8.68. The molecule has 0 fully saturated rings. The largest absolute Gasteiger partial charge is 0.494 e. The van der Waals surface area contributed by atoms with Gasteiger partial charge in [0.1, 0.15) is 11.5 Å². The Morgan fingerprint density at radius 2 is 1.79 bits per heavy atom. The summed E-state index contributed by atoms with van der Waals surface area (Å²) in [5.41, 5.74) is 1.64. The van der Waals surface area contributed by atoms with Gasteiger partial charge < -0.3 is 14.6 Å². The van der Waals surface area contributed by atoms with Crippen LogP contribution in [0.25, 0.3) is 0 Å². The van der Waals surface area contributed by atoms with Gasteiger partial charge in [-0.1, -0.05) is 0 Å². The molecule has 0 saturated carbocycles. The fourth-order valence-corrected chi connectivity index (χ4v) is 3.32. The number of aliphatic carboxylic acids is 1. The number of nitrogens with zero attached hydrogens (tertiary/aromatic N) is 1. The monoisotopic (exact) mass is 455 g/mol. The molecule has 2 aromatic carbocycles. The van der Waals surface area contributed by atoms with Crippen LogP contribution in [0.5, 0.6) is 11.5 Å². The van der Waals surface area contributed by atoms with Crippen molar-refractivity contribution in [2.24, 2.45) is 4.99 Å². The van der Waals surface area contributed by atoms with Gasteiger partial charge in [-0.15, -0.1) is 0 Å². The molecule has 0 amide bonds. The van der Waals surface area contributed by atoms with Crippen molar-refractivity contribution < 1.29 is 19.4 Å². The zero-order valence-corrected chi connectivity index (χ0v) is 16.0. The Hall–Kier alpha value is -1.86.